The highest BCUT2D eigenvalue weighted by molar-refractivity contribution is 4.71. The highest BCUT2D eigenvalue weighted by Gasteiger charge is 2.36. The summed E-state index contributed by atoms with van der Waals surface area (Å²) in [6, 6.07) is -1.89. The van der Waals surface area contributed by atoms with Crippen LogP contribution in [-0.4, -0.2) is 27.0 Å². The van der Waals surface area contributed by atoms with Crippen LogP contribution in [0.3, 0.4) is 0 Å². The van der Waals surface area contributed by atoms with Crippen LogP contribution in [0.15, 0.2) is 12.7 Å². The molecule has 0 aliphatic rings. The second kappa shape index (κ2) is 3.10. The van der Waals surface area contributed by atoms with Gasteiger partial charge >= 0.3 is 6.18 Å². The summed E-state index contributed by atoms with van der Waals surface area (Å²) in [6.45, 7) is -0.399. The van der Waals surface area contributed by atoms with E-state index >= 15 is 0 Å². The molecular formula is C5H7F3N4. The van der Waals surface area contributed by atoms with Gasteiger partial charge in [-0.25, -0.2) is 4.98 Å². The Morgan fingerprint density at radius 1 is 1.50 bits per heavy atom. The van der Waals surface area contributed by atoms with E-state index in [2.05, 4.69) is 10.1 Å². The number of hydrogen-bond acceptors (Lipinski definition) is 3. The summed E-state index contributed by atoms with van der Waals surface area (Å²) < 4.78 is 36.6. The molecule has 1 aromatic rings. The Hall–Kier alpha value is -1.11. The summed E-state index contributed by atoms with van der Waals surface area (Å²) in [4.78, 5) is 3.49. The molecule has 1 rings (SSSR count). The molecular weight excluding hydrogens is 173 g/mol. The minimum absolute atomic E-state index is 0.399. The van der Waals surface area contributed by atoms with E-state index in [0.29, 0.717) is 0 Å². The van der Waals surface area contributed by atoms with Crippen molar-refractivity contribution >= 4 is 0 Å². The van der Waals surface area contributed by atoms with E-state index in [1.807, 2.05) is 0 Å². The molecule has 0 aliphatic heterocycles. The normalized spacial score (nSPS) is 14.7. The first-order chi connectivity index (χ1) is 5.50. The first kappa shape index (κ1) is 8.98. The van der Waals surface area contributed by atoms with Gasteiger partial charge in [-0.2, -0.15) is 18.3 Å². The summed E-state index contributed by atoms with van der Waals surface area (Å²) >= 11 is 0. The lowest BCUT2D eigenvalue weighted by Crippen LogP contribution is -2.40. The van der Waals surface area contributed by atoms with Gasteiger partial charge in [-0.3, -0.25) is 4.68 Å². The third kappa shape index (κ3) is 2.19. The van der Waals surface area contributed by atoms with Crippen LogP contribution >= 0.6 is 0 Å². The van der Waals surface area contributed by atoms with Gasteiger partial charge in [0.1, 0.15) is 18.7 Å². The molecule has 0 bridgehead atoms. The van der Waals surface area contributed by atoms with Crippen LogP contribution in [0, 0.1) is 0 Å². The Bertz CT molecular complexity index is 229. The molecule has 2 N–H and O–H groups in total. The molecule has 1 unspecified atom stereocenters. The first-order valence-electron chi connectivity index (χ1n) is 3.15. The molecule has 0 spiro atoms. The van der Waals surface area contributed by atoms with Crippen molar-refractivity contribution in [2.75, 3.05) is 0 Å². The summed E-state index contributed by atoms with van der Waals surface area (Å²) in [5.41, 5.74) is 4.83. The lowest BCUT2D eigenvalue weighted by Gasteiger charge is -2.14. The molecule has 12 heavy (non-hydrogen) atoms. The van der Waals surface area contributed by atoms with Gasteiger partial charge in [0, 0.05) is 0 Å². The van der Waals surface area contributed by atoms with E-state index in [9.17, 15) is 13.2 Å². The first-order valence-corrected chi connectivity index (χ1v) is 3.15. The molecule has 0 aliphatic carbocycles. The van der Waals surface area contributed by atoms with Gasteiger partial charge in [0.25, 0.3) is 0 Å². The number of nitrogens with zero attached hydrogens (tertiary/aromatic N) is 3. The molecule has 0 amide bonds. The van der Waals surface area contributed by atoms with E-state index in [1.54, 1.807) is 0 Å². The molecule has 0 radical (unpaired) electrons. The smallest absolute Gasteiger partial charge is 0.319 e. The molecule has 0 saturated carbocycles. The summed E-state index contributed by atoms with van der Waals surface area (Å²) in [5, 5.41) is 3.50. The molecule has 1 aromatic heterocycles. The Morgan fingerprint density at radius 3 is 2.58 bits per heavy atom. The summed E-state index contributed by atoms with van der Waals surface area (Å²) in [7, 11) is 0. The summed E-state index contributed by atoms with van der Waals surface area (Å²) in [5.74, 6) is 0. The molecule has 7 heteroatoms. The number of nitrogens with two attached hydrogens (primary N) is 1. The van der Waals surface area contributed by atoms with Crippen molar-refractivity contribution in [3.05, 3.63) is 12.7 Å². The van der Waals surface area contributed by atoms with Crippen molar-refractivity contribution in [3.63, 3.8) is 0 Å². The largest absolute Gasteiger partial charge is 0.405 e. The van der Waals surface area contributed by atoms with E-state index in [-0.39, 0.29) is 0 Å². The van der Waals surface area contributed by atoms with Gasteiger partial charge in [-0.15, -0.1) is 0 Å². The number of alkyl halides is 3. The fraction of sp³-hybridized carbons (Fsp3) is 0.600. The second-order valence-electron chi connectivity index (χ2n) is 2.27. The Morgan fingerprint density at radius 2 is 2.17 bits per heavy atom. The zero-order valence-electron chi connectivity index (χ0n) is 5.99. The van der Waals surface area contributed by atoms with Crippen LogP contribution in [0.4, 0.5) is 13.2 Å². The van der Waals surface area contributed by atoms with Crippen molar-refractivity contribution in [1.82, 2.24) is 14.8 Å². The predicted octanol–water partition coefficient (Wildman–Crippen LogP) is 0.168. The van der Waals surface area contributed by atoms with Gasteiger partial charge in [0.15, 0.2) is 0 Å². The van der Waals surface area contributed by atoms with Gasteiger partial charge < -0.3 is 5.73 Å². The van der Waals surface area contributed by atoms with E-state index in [4.69, 9.17) is 5.73 Å². The zero-order chi connectivity index (χ0) is 9.19. The van der Waals surface area contributed by atoms with Crippen LogP contribution in [0.1, 0.15) is 0 Å². The van der Waals surface area contributed by atoms with Crippen molar-refractivity contribution in [1.29, 1.82) is 0 Å². The van der Waals surface area contributed by atoms with E-state index in [0.717, 1.165) is 11.0 Å². The van der Waals surface area contributed by atoms with Gasteiger partial charge in [-0.1, -0.05) is 0 Å². The van der Waals surface area contributed by atoms with Crippen molar-refractivity contribution in [2.45, 2.75) is 18.8 Å². The third-order valence-electron chi connectivity index (χ3n) is 1.27. The van der Waals surface area contributed by atoms with E-state index in [1.165, 1.54) is 6.33 Å². The van der Waals surface area contributed by atoms with Crippen molar-refractivity contribution in [2.24, 2.45) is 5.73 Å². The quantitative estimate of drug-likeness (QED) is 0.705. The number of aromatic nitrogens is 3. The lowest BCUT2D eigenvalue weighted by atomic mass is 10.3. The van der Waals surface area contributed by atoms with Crippen LogP contribution in [0.2, 0.25) is 0 Å². The van der Waals surface area contributed by atoms with Crippen LogP contribution in [-0.2, 0) is 6.54 Å². The predicted molar refractivity (Wildman–Crippen MR) is 34.1 cm³/mol. The average Bonchev–Trinajstić information content (AvgIpc) is 2.37. The van der Waals surface area contributed by atoms with Gasteiger partial charge in [0.2, 0.25) is 0 Å². The fourth-order valence-corrected chi connectivity index (χ4v) is 0.632. The minimum Gasteiger partial charge on any atom is -0.319 e. The third-order valence-corrected chi connectivity index (χ3v) is 1.27. The average molecular weight is 180 g/mol. The summed E-state index contributed by atoms with van der Waals surface area (Å²) in [6.07, 6.45) is -2.04. The Balaban J connectivity index is 2.53. The maximum atomic E-state index is 11.9. The zero-order valence-corrected chi connectivity index (χ0v) is 5.99. The maximum Gasteiger partial charge on any atom is 0.405 e. The highest BCUT2D eigenvalue weighted by Crippen LogP contribution is 2.18. The number of halogens is 3. The van der Waals surface area contributed by atoms with Gasteiger partial charge in [0.05, 0.1) is 6.54 Å². The van der Waals surface area contributed by atoms with E-state index < -0.39 is 18.8 Å². The standard InChI is InChI=1S/C5H7F3N4/c6-5(7,8)4(9)1-12-3-10-2-11-12/h2-4H,1,9H2. The number of rotatable bonds is 2. The maximum absolute atomic E-state index is 11.9. The Kier molecular flexibility index (Phi) is 2.32. The Labute approximate surface area is 66.2 Å². The second-order valence-corrected chi connectivity index (χ2v) is 2.27. The molecule has 1 atom stereocenters. The molecule has 1 heterocycles. The SMILES string of the molecule is NC(Cn1cncn1)C(F)(F)F. The molecule has 0 saturated heterocycles. The minimum atomic E-state index is -4.38. The van der Waals surface area contributed by atoms with Crippen molar-refractivity contribution < 1.29 is 13.2 Å². The topological polar surface area (TPSA) is 56.7 Å². The van der Waals surface area contributed by atoms with Crippen molar-refractivity contribution in [3.8, 4) is 0 Å². The number of hydrogen-bond donors (Lipinski definition) is 1. The molecule has 68 valence electrons. The highest BCUT2D eigenvalue weighted by atomic mass is 19.4. The van der Waals surface area contributed by atoms with Crippen LogP contribution in [0.25, 0.3) is 0 Å². The molecule has 0 fully saturated rings. The molecule has 0 aromatic carbocycles. The fourth-order valence-electron chi connectivity index (χ4n) is 0.632. The van der Waals surface area contributed by atoms with Crippen LogP contribution in [0.5, 0.6) is 0 Å². The monoisotopic (exact) mass is 180 g/mol. The molecule has 4 nitrogen and oxygen atoms in total. The lowest BCUT2D eigenvalue weighted by molar-refractivity contribution is -0.150. The van der Waals surface area contributed by atoms with Gasteiger partial charge in [-0.05, 0) is 0 Å². The van der Waals surface area contributed by atoms with Crippen LogP contribution < -0.4 is 5.73 Å².